The summed E-state index contributed by atoms with van der Waals surface area (Å²) in [7, 11) is 1.54. The number of carbonyl (C=O) groups is 1. The van der Waals surface area contributed by atoms with Crippen LogP contribution >= 0.6 is 0 Å². The zero-order valence-electron chi connectivity index (χ0n) is 16.4. The van der Waals surface area contributed by atoms with E-state index in [0.717, 1.165) is 12.0 Å². The first-order chi connectivity index (χ1) is 11.8. The van der Waals surface area contributed by atoms with Gasteiger partial charge in [-0.2, -0.15) is 0 Å². The van der Waals surface area contributed by atoms with Gasteiger partial charge >= 0.3 is 0 Å². The van der Waals surface area contributed by atoms with Crippen molar-refractivity contribution in [3.05, 3.63) is 53.3 Å². The molecular weight excluding hydrogens is 315 g/mol. The zero-order valence-corrected chi connectivity index (χ0v) is 16.4. The van der Waals surface area contributed by atoms with Crippen molar-refractivity contribution >= 4 is 5.78 Å². The first-order valence-corrected chi connectivity index (χ1v) is 8.79. The standard InChI is InChI=1S/C20H23FO2.C2H6/c1-6-13-7-9-15(17(11-13)19(22)20(2,3)4)16-12-14(23-5)8-10-18(16)21;1-2/h7-12H,6H2,1-5H3;1-2H3. The molecule has 2 aromatic carbocycles. The van der Waals surface area contributed by atoms with Crippen molar-refractivity contribution in [1.82, 2.24) is 0 Å². The first kappa shape index (κ1) is 20.9. The molecule has 0 fully saturated rings. The average Bonchev–Trinajstić information content (AvgIpc) is 2.62. The molecule has 0 heterocycles. The highest BCUT2D eigenvalue weighted by atomic mass is 19.1. The molecule has 136 valence electrons. The zero-order chi connectivity index (χ0) is 19.2. The number of hydrogen-bond acceptors (Lipinski definition) is 2. The number of aryl methyl sites for hydroxylation is 1. The van der Waals surface area contributed by atoms with Gasteiger partial charge in [0.05, 0.1) is 7.11 Å². The maximum absolute atomic E-state index is 14.3. The summed E-state index contributed by atoms with van der Waals surface area (Å²) in [5.41, 5.74) is 2.09. The second-order valence-corrected chi connectivity index (χ2v) is 6.66. The van der Waals surface area contributed by atoms with Crippen molar-refractivity contribution < 1.29 is 13.9 Å². The van der Waals surface area contributed by atoms with Gasteiger partial charge in [0.15, 0.2) is 5.78 Å². The van der Waals surface area contributed by atoms with E-state index in [2.05, 4.69) is 0 Å². The third-order valence-corrected chi connectivity index (χ3v) is 3.88. The molecule has 0 aliphatic rings. The fourth-order valence-corrected chi connectivity index (χ4v) is 2.48. The van der Waals surface area contributed by atoms with Crippen molar-refractivity contribution in [2.45, 2.75) is 48.0 Å². The Morgan fingerprint density at radius 2 is 1.68 bits per heavy atom. The van der Waals surface area contributed by atoms with Gasteiger partial charge in [-0.25, -0.2) is 4.39 Å². The highest BCUT2D eigenvalue weighted by Crippen LogP contribution is 2.34. The summed E-state index contributed by atoms with van der Waals surface area (Å²) < 4.78 is 19.5. The number of halogens is 1. The van der Waals surface area contributed by atoms with E-state index in [4.69, 9.17) is 4.74 Å². The summed E-state index contributed by atoms with van der Waals surface area (Å²) in [6.07, 6.45) is 0.825. The predicted octanol–water partition coefficient (Wildman–Crippen LogP) is 6.32. The summed E-state index contributed by atoms with van der Waals surface area (Å²) in [4.78, 5) is 12.8. The van der Waals surface area contributed by atoms with Crippen LogP contribution in [0.25, 0.3) is 11.1 Å². The molecule has 0 atom stereocenters. The van der Waals surface area contributed by atoms with Crippen molar-refractivity contribution in [2.75, 3.05) is 7.11 Å². The van der Waals surface area contributed by atoms with E-state index in [1.54, 1.807) is 19.2 Å². The molecule has 2 nitrogen and oxygen atoms in total. The third kappa shape index (κ3) is 4.91. The molecule has 0 saturated heterocycles. The van der Waals surface area contributed by atoms with Gasteiger partial charge in [-0.1, -0.05) is 53.7 Å². The summed E-state index contributed by atoms with van der Waals surface area (Å²) in [6.45, 7) is 11.7. The number of ether oxygens (including phenoxy) is 1. The Labute approximate surface area is 151 Å². The van der Waals surface area contributed by atoms with Crippen LogP contribution in [0.15, 0.2) is 36.4 Å². The third-order valence-electron chi connectivity index (χ3n) is 3.88. The number of Topliss-reactive ketones (excluding diaryl/α,β-unsaturated/α-hetero) is 1. The maximum Gasteiger partial charge on any atom is 0.168 e. The first-order valence-electron chi connectivity index (χ1n) is 8.79. The Bertz CT molecular complexity index is 727. The van der Waals surface area contributed by atoms with Gasteiger partial charge in [0.2, 0.25) is 0 Å². The predicted molar refractivity (Wildman–Crippen MR) is 103 cm³/mol. The van der Waals surface area contributed by atoms with Crippen molar-refractivity contribution in [2.24, 2.45) is 5.41 Å². The number of ketones is 1. The Balaban J connectivity index is 0.00000151. The van der Waals surface area contributed by atoms with Gasteiger partial charge in [-0.3, -0.25) is 4.79 Å². The average molecular weight is 344 g/mol. The quantitative estimate of drug-likeness (QED) is 0.607. The van der Waals surface area contributed by atoms with Gasteiger partial charge in [-0.05, 0) is 41.8 Å². The van der Waals surface area contributed by atoms with Gasteiger partial charge in [0.1, 0.15) is 11.6 Å². The maximum atomic E-state index is 14.3. The fourth-order valence-electron chi connectivity index (χ4n) is 2.48. The second-order valence-electron chi connectivity index (χ2n) is 6.66. The number of benzene rings is 2. The summed E-state index contributed by atoms with van der Waals surface area (Å²) in [6, 6.07) is 10.2. The van der Waals surface area contributed by atoms with Crippen LogP contribution in [0.2, 0.25) is 0 Å². The van der Waals surface area contributed by atoms with Gasteiger partial charge in [-0.15, -0.1) is 0 Å². The molecule has 2 rings (SSSR count). The van der Waals surface area contributed by atoms with Crippen LogP contribution in [-0.4, -0.2) is 12.9 Å². The van der Waals surface area contributed by atoms with Crippen LogP contribution < -0.4 is 4.74 Å². The largest absolute Gasteiger partial charge is 0.497 e. The molecule has 0 spiro atoms. The van der Waals surface area contributed by atoms with E-state index in [-0.39, 0.29) is 11.6 Å². The molecule has 0 aromatic heterocycles. The van der Waals surface area contributed by atoms with Gasteiger partial charge in [0, 0.05) is 16.5 Å². The lowest BCUT2D eigenvalue weighted by Crippen LogP contribution is -2.21. The fraction of sp³-hybridized carbons (Fsp3) is 0.409. The van der Waals surface area contributed by atoms with E-state index < -0.39 is 5.41 Å². The van der Waals surface area contributed by atoms with E-state index in [1.165, 1.54) is 6.07 Å². The van der Waals surface area contributed by atoms with Gasteiger partial charge < -0.3 is 4.74 Å². The SMILES string of the molecule is CC.CCc1ccc(-c2cc(OC)ccc2F)c(C(=O)C(C)(C)C)c1. The van der Waals surface area contributed by atoms with Crippen LogP contribution in [0.5, 0.6) is 5.75 Å². The minimum Gasteiger partial charge on any atom is -0.497 e. The van der Waals surface area contributed by atoms with Crippen LogP contribution in [0, 0.1) is 11.2 Å². The molecule has 0 saturated carbocycles. The molecule has 0 unspecified atom stereocenters. The highest BCUT2D eigenvalue weighted by molar-refractivity contribution is 6.05. The lowest BCUT2D eigenvalue weighted by atomic mass is 9.82. The van der Waals surface area contributed by atoms with Crippen molar-refractivity contribution in [3.63, 3.8) is 0 Å². The molecule has 2 aromatic rings. The Hall–Kier alpha value is -2.16. The minimum absolute atomic E-state index is 0.00465. The Morgan fingerprint density at radius 1 is 1.04 bits per heavy atom. The summed E-state index contributed by atoms with van der Waals surface area (Å²) in [5, 5.41) is 0. The van der Waals surface area contributed by atoms with Crippen LogP contribution in [0.4, 0.5) is 4.39 Å². The minimum atomic E-state index is -0.531. The number of rotatable bonds is 4. The molecule has 0 amide bonds. The normalized spacial score (nSPS) is 10.7. The van der Waals surface area contributed by atoms with E-state index in [0.29, 0.717) is 22.4 Å². The Kier molecular flexibility index (Phi) is 7.35. The second kappa shape index (κ2) is 8.80. The lowest BCUT2D eigenvalue weighted by Gasteiger charge is -2.20. The van der Waals surface area contributed by atoms with Gasteiger partial charge in [0.25, 0.3) is 0 Å². The molecule has 0 aliphatic carbocycles. The van der Waals surface area contributed by atoms with Crippen molar-refractivity contribution in [3.8, 4) is 16.9 Å². The molecule has 0 aliphatic heterocycles. The van der Waals surface area contributed by atoms with E-state index >= 15 is 0 Å². The molecule has 0 radical (unpaired) electrons. The number of hydrogen-bond donors (Lipinski definition) is 0. The van der Waals surface area contributed by atoms with E-state index in [1.807, 2.05) is 59.7 Å². The molecule has 3 heteroatoms. The monoisotopic (exact) mass is 344 g/mol. The van der Waals surface area contributed by atoms with Crippen LogP contribution in [-0.2, 0) is 6.42 Å². The molecular formula is C22H29FO2. The molecule has 25 heavy (non-hydrogen) atoms. The van der Waals surface area contributed by atoms with E-state index in [9.17, 15) is 9.18 Å². The Morgan fingerprint density at radius 3 is 2.20 bits per heavy atom. The molecule has 0 N–H and O–H groups in total. The number of carbonyl (C=O) groups excluding carboxylic acids is 1. The summed E-state index contributed by atoms with van der Waals surface area (Å²) in [5.74, 6) is 0.207. The summed E-state index contributed by atoms with van der Waals surface area (Å²) >= 11 is 0. The highest BCUT2D eigenvalue weighted by Gasteiger charge is 2.26. The number of methoxy groups -OCH3 is 1. The molecule has 0 bridgehead atoms. The van der Waals surface area contributed by atoms with Crippen molar-refractivity contribution in [1.29, 1.82) is 0 Å². The topological polar surface area (TPSA) is 26.3 Å². The smallest absolute Gasteiger partial charge is 0.168 e. The van der Waals surface area contributed by atoms with Crippen LogP contribution in [0.1, 0.15) is 57.5 Å². The van der Waals surface area contributed by atoms with Crippen LogP contribution in [0.3, 0.4) is 0 Å². The lowest BCUT2D eigenvalue weighted by molar-refractivity contribution is 0.0859.